The summed E-state index contributed by atoms with van der Waals surface area (Å²) >= 11 is 0. The van der Waals surface area contributed by atoms with Gasteiger partial charge in [-0.3, -0.25) is 9.78 Å². The van der Waals surface area contributed by atoms with Gasteiger partial charge in [0.15, 0.2) is 0 Å². The minimum absolute atomic E-state index is 0.205. The molecule has 1 aromatic heterocycles. The van der Waals surface area contributed by atoms with E-state index in [0.717, 1.165) is 16.5 Å². The van der Waals surface area contributed by atoms with E-state index in [4.69, 9.17) is 5.26 Å². The van der Waals surface area contributed by atoms with Crippen molar-refractivity contribution in [3.63, 3.8) is 0 Å². The molecule has 1 N–H and O–H groups in total. The molecule has 0 saturated carbocycles. The fourth-order valence-corrected chi connectivity index (χ4v) is 2.45. The molecule has 0 aliphatic carbocycles. The number of hydrogen-bond donors (Lipinski definition) is 1. The Balaban J connectivity index is 1.93. The van der Waals surface area contributed by atoms with Crippen LogP contribution in [0, 0.1) is 25.2 Å². The summed E-state index contributed by atoms with van der Waals surface area (Å²) in [5, 5.41) is 12.6. The van der Waals surface area contributed by atoms with Crippen molar-refractivity contribution < 1.29 is 4.79 Å². The van der Waals surface area contributed by atoms with E-state index in [2.05, 4.69) is 16.4 Å². The lowest BCUT2D eigenvalue weighted by molar-refractivity contribution is 0.102. The van der Waals surface area contributed by atoms with Crippen molar-refractivity contribution in [2.75, 3.05) is 5.32 Å². The van der Waals surface area contributed by atoms with E-state index in [0.29, 0.717) is 22.5 Å². The predicted octanol–water partition coefficient (Wildman–Crippen LogP) is 3.98. The summed E-state index contributed by atoms with van der Waals surface area (Å²) in [6, 6.07) is 16.7. The zero-order valence-electron chi connectivity index (χ0n) is 12.9. The van der Waals surface area contributed by atoms with E-state index in [1.165, 1.54) is 0 Å². The highest BCUT2D eigenvalue weighted by Gasteiger charge is 2.12. The second-order valence-electron chi connectivity index (χ2n) is 5.46. The topological polar surface area (TPSA) is 65.8 Å². The molecule has 0 atom stereocenters. The molecule has 0 fully saturated rings. The lowest BCUT2D eigenvalue weighted by atomic mass is 10.1. The van der Waals surface area contributed by atoms with Gasteiger partial charge in [-0.25, -0.2) is 0 Å². The quantitative estimate of drug-likeness (QED) is 0.778. The van der Waals surface area contributed by atoms with Gasteiger partial charge in [-0.2, -0.15) is 5.26 Å². The van der Waals surface area contributed by atoms with Crippen LogP contribution in [-0.4, -0.2) is 10.9 Å². The van der Waals surface area contributed by atoms with Crippen LogP contribution in [-0.2, 0) is 0 Å². The van der Waals surface area contributed by atoms with Gasteiger partial charge in [-0.15, -0.1) is 0 Å². The van der Waals surface area contributed by atoms with Crippen molar-refractivity contribution in [3.05, 3.63) is 70.9 Å². The number of benzene rings is 2. The largest absolute Gasteiger partial charge is 0.322 e. The normalized spacial score (nSPS) is 10.3. The van der Waals surface area contributed by atoms with Crippen molar-refractivity contribution in [3.8, 4) is 6.07 Å². The Morgan fingerprint density at radius 1 is 1.09 bits per heavy atom. The lowest BCUT2D eigenvalue weighted by Crippen LogP contribution is -2.14. The maximum Gasteiger partial charge on any atom is 0.257 e. The van der Waals surface area contributed by atoms with Gasteiger partial charge in [0.2, 0.25) is 0 Å². The van der Waals surface area contributed by atoms with Gasteiger partial charge in [0.25, 0.3) is 5.91 Å². The Bertz CT molecular complexity index is 937. The zero-order chi connectivity index (χ0) is 16.4. The lowest BCUT2D eigenvalue weighted by Gasteiger charge is -2.09. The third kappa shape index (κ3) is 3.04. The standard InChI is InChI=1S/C19H15N3O/c1-12-3-8-18-15(9-12)10-17(13(2)21-18)19(23)22-16-6-4-14(11-20)5-7-16/h3-10H,1-2H3,(H,22,23). The molecule has 112 valence electrons. The van der Waals surface area contributed by atoms with Gasteiger partial charge in [0, 0.05) is 11.1 Å². The van der Waals surface area contributed by atoms with Crippen LogP contribution in [0.4, 0.5) is 5.69 Å². The third-order valence-corrected chi connectivity index (χ3v) is 3.68. The molecule has 3 aromatic rings. The van der Waals surface area contributed by atoms with Crippen LogP contribution in [0.15, 0.2) is 48.5 Å². The second kappa shape index (κ2) is 5.90. The van der Waals surface area contributed by atoms with Crippen molar-refractivity contribution in [2.24, 2.45) is 0 Å². The molecular formula is C19H15N3O. The molecular weight excluding hydrogens is 286 g/mol. The van der Waals surface area contributed by atoms with Crippen molar-refractivity contribution >= 4 is 22.5 Å². The van der Waals surface area contributed by atoms with Crippen LogP contribution in [0.3, 0.4) is 0 Å². The van der Waals surface area contributed by atoms with Gasteiger partial charge in [-0.05, 0) is 56.3 Å². The average molecular weight is 301 g/mol. The number of anilines is 1. The fraction of sp³-hybridized carbons (Fsp3) is 0.105. The van der Waals surface area contributed by atoms with Crippen LogP contribution in [0.2, 0.25) is 0 Å². The molecule has 1 heterocycles. The molecule has 0 unspecified atom stereocenters. The minimum Gasteiger partial charge on any atom is -0.322 e. The Morgan fingerprint density at radius 2 is 1.83 bits per heavy atom. The van der Waals surface area contributed by atoms with E-state index in [1.807, 2.05) is 38.1 Å². The Kier molecular flexibility index (Phi) is 3.78. The summed E-state index contributed by atoms with van der Waals surface area (Å²) in [7, 11) is 0. The number of nitriles is 1. The van der Waals surface area contributed by atoms with E-state index in [9.17, 15) is 4.79 Å². The number of nitrogens with zero attached hydrogens (tertiary/aromatic N) is 2. The van der Waals surface area contributed by atoms with E-state index in [1.54, 1.807) is 24.3 Å². The summed E-state index contributed by atoms with van der Waals surface area (Å²) in [6.07, 6.45) is 0. The summed E-state index contributed by atoms with van der Waals surface area (Å²) < 4.78 is 0. The number of fused-ring (bicyclic) bond motifs is 1. The highest BCUT2D eigenvalue weighted by Crippen LogP contribution is 2.19. The number of carbonyl (C=O) groups is 1. The highest BCUT2D eigenvalue weighted by atomic mass is 16.1. The van der Waals surface area contributed by atoms with E-state index >= 15 is 0 Å². The van der Waals surface area contributed by atoms with E-state index in [-0.39, 0.29) is 5.91 Å². The first kappa shape index (κ1) is 14.7. The third-order valence-electron chi connectivity index (χ3n) is 3.68. The van der Waals surface area contributed by atoms with Gasteiger partial charge < -0.3 is 5.32 Å². The summed E-state index contributed by atoms with van der Waals surface area (Å²) in [5.41, 5.74) is 4.45. The highest BCUT2D eigenvalue weighted by molar-refractivity contribution is 6.06. The van der Waals surface area contributed by atoms with Crippen LogP contribution in [0.25, 0.3) is 10.9 Å². The second-order valence-corrected chi connectivity index (χ2v) is 5.46. The van der Waals surface area contributed by atoms with Gasteiger partial charge in [0.1, 0.15) is 0 Å². The molecule has 4 nitrogen and oxygen atoms in total. The molecule has 0 bridgehead atoms. The number of hydrogen-bond acceptors (Lipinski definition) is 3. The van der Waals surface area contributed by atoms with Crippen molar-refractivity contribution in [2.45, 2.75) is 13.8 Å². The average Bonchev–Trinajstić information content (AvgIpc) is 2.55. The smallest absolute Gasteiger partial charge is 0.257 e. The molecule has 0 saturated heterocycles. The molecule has 2 aromatic carbocycles. The number of aryl methyl sites for hydroxylation is 2. The van der Waals surface area contributed by atoms with Gasteiger partial charge >= 0.3 is 0 Å². The minimum atomic E-state index is -0.205. The molecule has 0 aliphatic heterocycles. The Labute approximate surface area is 134 Å². The molecule has 3 rings (SSSR count). The SMILES string of the molecule is Cc1ccc2nc(C)c(C(=O)Nc3ccc(C#N)cc3)cc2c1. The predicted molar refractivity (Wildman–Crippen MR) is 90.3 cm³/mol. The molecule has 23 heavy (non-hydrogen) atoms. The number of nitrogens with one attached hydrogen (secondary N) is 1. The number of rotatable bonds is 2. The van der Waals surface area contributed by atoms with Crippen LogP contribution < -0.4 is 5.32 Å². The summed E-state index contributed by atoms with van der Waals surface area (Å²) in [6.45, 7) is 3.84. The first-order chi connectivity index (χ1) is 11.1. The zero-order valence-corrected chi connectivity index (χ0v) is 12.9. The first-order valence-electron chi connectivity index (χ1n) is 7.26. The van der Waals surface area contributed by atoms with Crippen LogP contribution >= 0.6 is 0 Å². The molecule has 0 radical (unpaired) electrons. The fourth-order valence-electron chi connectivity index (χ4n) is 2.45. The summed E-state index contributed by atoms with van der Waals surface area (Å²) in [5.74, 6) is -0.205. The molecule has 0 spiro atoms. The Hall–Kier alpha value is -3.19. The van der Waals surface area contributed by atoms with Crippen LogP contribution in [0.1, 0.15) is 27.2 Å². The van der Waals surface area contributed by atoms with Gasteiger partial charge in [-0.1, -0.05) is 11.6 Å². The van der Waals surface area contributed by atoms with Crippen LogP contribution in [0.5, 0.6) is 0 Å². The number of carbonyl (C=O) groups excluding carboxylic acids is 1. The maximum absolute atomic E-state index is 12.5. The first-order valence-corrected chi connectivity index (χ1v) is 7.26. The molecule has 1 amide bonds. The van der Waals surface area contributed by atoms with E-state index < -0.39 is 0 Å². The monoisotopic (exact) mass is 301 g/mol. The number of pyridine rings is 1. The van der Waals surface area contributed by atoms with Crippen molar-refractivity contribution in [1.29, 1.82) is 5.26 Å². The van der Waals surface area contributed by atoms with Crippen molar-refractivity contribution in [1.82, 2.24) is 4.98 Å². The van der Waals surface area contributed by atoms with Gasteiger partial charge in [0.05, 0.1) is 28.4 Å². The maximum atomic E-state index is 12.5. The summed E-state index contributed by atoms with van der Waals surface area (Å²) in [4.78, 5) is 17.0. The Morgan fingerprint density at radius 3 is 2.52 bits per heavy atom. The number of amides is 1. The molecule has 4 heteroatoms. The number of aromatic nitrogens is 1. The molecule has 0 aliphatic rings.